The molecular formula is C16H29NO. The van der Waals surface area contributed by atoms with Crippen LogP contribution in [0.1, 0.15) is 70.6 Å². The number of ether oxygens (including phenoxy) is 1. The van der Waals surface area contributed by atoms with Crippen molar-refractivity contribution >= 4 is 0 Å². The van der Waals surface area contributed by atoms with Crippen LogP contribution in [-0.4, -0.2) is 18.2 Å². The normalized spacial score (nSPS) is 40.8. The second-order valence-electron chi connectivity index (χ2n) is 6.96. The first kappa shape index (κ1) is 12.9. The minimum Gasteiger partial charge on any atom is -0.375 e. The van der Waals surface area contributed by atoms with Crippen LogP contribution in [0.5, 0.6) is 0 Å². The monoisotopic (exact) mass is 251 g/mol. The van der Waals surface area contributed by atoms with E-state index in [1.54, 1.807) is 0 Å². The Hall–Kier alpha value is -0.0800. The van der Waals surface area contributed by atoms with Crippen LogP contribution < -0.4 is 5.73 Å². The molecule has 0 aromatic carbocycles. The molecule has 0 radical (unpaired) electrons. The SMILES string of the molecule is NC1CCCCCC1C1CCOC2(CCCC2)C1. The first-order valence-corrected chi connectivity index (χ1v) is 8.19. The highest BCUT2D eigenvalue weighted by Crippen LogP contribution is 2.45. The fourth-order valence-electron chi connectivity index (χ4n) is 4.75. The molecule has 1 saturated heterocycles. The van der Waals surface area contributed by atoms with Crippen molar-refractivity contribution in [2.75, 3.05) is 6.61 Å². The van der Waals surface area contributed by atoms with Gasteiger partial charge in [-0.3, -0.25) is 0 Å². The summed E-state index contributed by atoms with van der Waals surface area (Å²) in [4.78, 5) is 0. The van der Waals surface area contributed by atoms with Crippen LogP contribution in [0.15, 0.2) is 0 Å². The van der Waals surface area contributed by atoms with Crippen LogP contribution in [0.2, 0.25) is 0 Å². The van der Waals surface area contributed by atoms with E-state index in [-0.39, 0.29) is 5.60 Å². The molecule has 1 spiro atoms. The topological polar surface area (TPSA) is 35.2 Å². The second-order valence-corrected chi connectivity index (χ2v) is 6.96. The Morgan fingerprint density at radius 2 is 1.67 bits per heavy atom. The van der Waals surface area contributed by atoms with Crippen molar-refractivity contribution in [3.05, 3.63) is 0 Å². The third-order valence-electron chi connectivity index (χ3n) is 5.78. The summed E-state index contributed by atoms with van der Waals surface area (Å²) in [5.41, 5.74) is 6.73. The molecule has 3 unspecified atom stereocenters. The van der Waals surface area contributed by atoms with Gasteiger partial charge in [-0.2, -0.15) is 0 Å². The largest absolute Gasteiger partial charge is 0.375 e. The molecule has 0 aromatic heterocycles. The number of hydrogen-bond acceptors (Lipinski definition) is 2. The van der Waals surface area contributed by atoms with Gasteiger partial charge < -0.3 is 10.5 Å². The van der Waals surface area contributed by atoms with Crippen molar-refractivity contribution in [1.82, 2.24) is 0 Å². The van der Waals surface area contributed by atoms with Gasteiger partial charge in [-0.1, -0.05) is 32.1 Å². The summed E-state index contributed by atoms with van der Waals surface area (Å²) < 4.78 is 6.17. The molecule has 3 atom stereocenters. The predicted molar refractivity (Wildman–Crippen MR) is 74.4 cm³/mol. The van der Waals surface area contributed by atoms with E-state index in [1.165, 1.54) is 70.6 Å². The summed E-state index contributed by atoms with van der Waals surface area (Å²) in [6.45, 7) is 0.994. The number of nitrogens with two attached hydrogens (primary N) is 1. The van der Waals surface area contributed by atoms with Gasteiger partial charge in [-0.05, 0) is 50.4 Å². The molecule has 3 fully saturated rings. The maximum absolute atomic E-state index is 6.46. The smallest absolute Gasteiger partial charge is 0.0685 e. The van der Waals surface area contributed by atoms with Gasteiger partial charge in [0.2, 0.25) is 0 Å². The van der Waals surface area contributed by atoms with E-state index in [1.807, 2.05) is 0 Å². The maximum Gasteiger partial charge on any atom is 0.0685 e. The van der Waals surface area contributed by atoms with E-state index in [2.05, 4.69) is 0 Å². The van der Waals surface area contributed by atoms with E-state index in [0.29, 0.717) is 6.04 Å². The Morgan fingerprint density at radius 1 is 0.889 bits per heavy atom. The molecule has 0 bridgehead atoms. The first-order valence-electron chi connectivity index (χ1n) is 8.19. The third kappa shape index (κ3) is 2.60. The van der Waals surface area contributed by atoms with E-state index in [0.717, 1.165) is 18.4 Å². The van der Waals surface area contributed by atoms with E-state index in [4.69, 9.17) is 10.5 Å². The lowest BCUT2D eigenvalue weighted by Crippen LogP contribution is -2.43. The number of rotatable bonds is 1. The molecule has 104 valence electrons. The van der Waals surface area contributed by atoms with Gasteiger partial charge in [0.1, 0.15) is 0 Å². The Bertz CT molecular complexity index is 272. The maximum atomic E-state index is 6.46. The second kappa shape index (κ2) is 5.50. The summed E-state index contributed by atoms with van der Waals surface area (Å²) in [5, 5.41) is 0. The lowest BCUT2D eigenvalue weighted by molar-refractivity contribution is -0.104. The standard InChI is InChI=1S/C16H29NO/c17-15-7-3-1-2-6-14(15)13-8-11-18-16(12-13)9-4-5-10-16/h13-15H,1-12,17H2. The molecular weight excluding hydrogens is 222 g/mol. The Labute approximate surface area is 112 Å². The van der Waals surface area contributed by atoms with Crippen LogP contribution >= 0.6 is 0 Å². The van der Waals surface area contributed by atoms with Crippen LogP contribution in [0.25, 0.3) is 0 Å². The summed E-state index contributed by atoms with van der Waals surface area (Å²) in [7, 11) is 0. The van der Waals surface area contributed by atoms with Crippen molar-refractivity contribution in [1.29, 1.82) is 0 Å². The van der Waals surface area contributed by atoms with E-state index >= 15 is 0 Å². The average molecular weight is 251 g/mol. The first-order chi connectivity index (χ1) is 8.79. The zero-order chi connectivity index (χ0) is 12.4. The van der Waals surface area contributed by atoms with Crippen molar-refractivity contribution in [3.63, 3.8) is 0 Å². The zero-order valence-corrected chi connectivity index (χ0v) is 11.7. The zero-order valence-electron chi connectivity index (χ0n) is 11.7. The molecule has 2 heteroatoms. The highest BCUT2D eigenvalue weighted by atomic mass is 16.5. The van der Waals surface area contributed by atoms with Crippen LogP contribution in [0.3, 0.4) is 0 Å². The molecule has 3 rings (SSSR count). The van der Waals surface area contributed by atoms with Gasteiger partial charge >= 0.3 is 0 Å². The van der Waals surface area contributed by atoms with Crippen molar-refractivity contribution < 1.29 is 4.74 Å². The van der Waals surface area contributed by atoms with E-state index < -0.39 is 0 Å². The number of hydrogen-bond donors (Lipinski definition) is 1. The molecule has 1 heterocycles. The molecule has 2 N–H and O–H groups in total. The van der Waals surface area contributed by atoms with Crippen molar-refractivity contribution in [2.24, 2.45) is 17.6 Å². The molecule has 0 aromatic rings. The van der Waals surface area contributed by atoms with E-state index in [9.17, 15) is 0 Å². The average Bonchev–Trinajstić information content (AvgIpc) is 2.70. The van der Waals surface area contributed by atoms with Gasteiger partial charge in [-0.15, -0.1) is 0 Å². The van der Waals surface area contributed by atoms with Gasteiger partial charge in [0.25, 0.3) is 0 Å². The minimum absolute atomic E-state index is 0.273. The molecule has 2 nitrogen and oxygen atoms in total. The van der Waals surface area contributed by atoms with Gasteiger partial charge in [0, 0.05) is 12.6 Å². The van der Waals surface area contributed by atoms with Crippen LogP contribution in [0.4, 0.5) is 0 Å². The lowest BCUT2D eigenvalue weighted by Gasteiger charge is -2.42. The van der Waals surface area contributed by atoms with Crippen molar-refractivity contribution in [2.45, 2.75) is 82.3 Å². The van der Waals surface area contributed by atoms with Crippen LogP contribution in [0, 0.1) is 11.8 Å². The molecule has 2 saturated carbocycles. The van der Waals surface area contributed by atoms with Gasteiger partial charge in [-0.25, -0.2) is 0 Å². The van der Waals surface area contributed by atoms with Gasteiger partial charge in [0.15, 0.2) is 0 Å². The third-order valence-corrected chi connectivity index (χ3v) is 5.78. The summed E-state index contributed by atoms with van der Waals surface area (Å²) in [6.07, 6.45) is 14.7. The summed E-state index contributed by atoms with van der Waals surface area (Å²) in [6, 6.07) is 0.467. The fraction of sp³-hybridized carbons (Fsp3) is 1.00. The lowest BCUT2D eigenvalue weighted by atomic mass is 9.73. The highest BCUT2D eigenvalue weighted by Gasteiger charge is 2.42. The minimum atomic E-state index is 0.273. The molecule has 0 amide bonds. The Morgan fingerprint density at radius 3 is 2.50 bits per heavy atom. The predicted octanol–water partition coefficient (Wildman–Crippen LogP) is 3.63. The Balaban J connectivity index is 1.67. The molecule has 1 aliphatic heterocycles. The molecule has 2 aliphatic carbocycles. The van der Waals surface area contributed by atoms with Crippen LogP contribution in [-0.2, 0) is 4.74 Å². The van der Waals surface area contributed by atoms with Crippen molar-refractivity contribution in [3.8, 4) is 0 Å². The quantitative estimate of drug-likeness (QED) is 0.722. The molecule has 18 heavy (non-hydrogen) atoms. The Kier molecular flexibility index (Phi) is 3.95. The van der Waals surface area contributed by atoms with Gasteiger partial charge in [0.05, 0.1) is 5.60 Å². The highest BCUT2D eigenvalue weighted by molar-refractivity contribution is 4.94. The summed E-state index contributed by atoms with van der Waals surface area (Å²) in [5.74, 6) is 1.64. The fourth-order valence-corrected chi connectivity index (χ4v) is 4.75. The summed E-state index contributed by atoms with van der Waals surface area (Å²) >= 11 is 0. The molecule has 3 aliphatic rings.